The number of likely N-dealkylation sites (tertiary alicyclic amines) is 1. The Morgan fingerprint density at radius 2 is 2.18 bits per heavy atom. The average Bonchev–Trinajstić information content (AvgIpc) is 2.07. The number of piperidine rings is 1. The van der Waals surface area contributed by atoms with Gasteiger partial charge in [-0.3, -0.25) is 4.79 Å². The van der Waals surface area contributed by atoms with Crippen molar-refractivity contribution in [1.82, 2.24) is 4.90 Å². The molecular weight excluding hydrogens is 138 g/mol. The predicted octanol–water partition coefficient (Wildman–Crippen LogP) is 0.878. The van der Waals surface area contributed by atoms with E-state index in [0.717, 1.165) is 38.8 Å². The number of hydrogen-bond acceptors (Lipinski definition) is 1. The summed E-state index contributed by atoms with van der Waals surface area (Å²) < 4.78 is 0. The van der Waals surface area contributed by atoms with Crippen molar-refractivity contribution in [3.05, 3.63) is 0 Å². The van der Waals surface area contributed by atoms with E-state index in [1.807, 2.05) is 4.90 Å². The van der Waals surface area contributed by atoms with Crippen LogP contribution in [0.25, 0.3) is 0 Å². The Balaban J connectivity index is 2.25. The number of nitrogens with zero attached hydrogens (tertiary/aromatic N) is 1. The van der Waals surface area contributed by atoms with Gasteiger partial charge in [0.05, 0.1) is 0 Å². The maximum atomic E-state index is 10.3. The van der Waals surface area contributed by atoms with E-state index in [1.54, 1.807) is 0 Å². The van der Waals surface area contributed by atoms with Gasteiger partial charge in [-0.05, 0) is 18.8 Å². The molecule has 1 amide bonds. The molecule has 1 aliphatic rings. The lowest BCUT2D eigenvalue weighted by Crippen LogP contribution is -2.32. The maximum absolute atomic E-state index is 10.3. The zero-order valence-electron chi connectivity index (χ0n) is 6.62. The number of rotatable bonds is 2. The molecule has 1 aliphatic heterocycles. The first kappa shape index (κ1) is 8.13. The van der Waals surface area contributed by atoms with Gasteiger partial charge in [0.1, 0.15) is 0 Å². The standard InChI is InChI=1S/C9H13NO/c1-2-3-9-4-6-10(8-11)7-5-9/h1,8-9H,3-7H2. The molecule has 0 bridgehead atoms. The Labute approximate surface area is 67.6 Å². The van der Waals surface area contributed by atoms with Crippen molar-refractivity contribution in [1.29, 1.82) is 0 Å². The first-order valence-corrected chi connectivity index (χ1v) is 3.99. The zero-order valence-corrected chi connectivity index (χ0v) is 6.62. The molecular formula is C9H13NO. The number of hydrogen-bond donors (Lipinski definition) is 0. The Hall–Kier alpha value is -0.970. The van der Waals surface area contributed by atoms with Crippen LogP contribution in [0.4, 0.5) is 0 Å². The van der Waals surface area contributed by atoms with Crippen LogP contribution in [0, 0.1) is 18.3 Å². The third kappa shape index (κ3) is 2.27. The fraction of sp³-hybridized carbons (Fsp3) is 0.667. The second kappa shape index (κ2) is 4.02. The third-order valence-electron chi connectivity index (χ3n) is 2.20. The van der Waals surface area contributed by atoms with E-state index in [-0.39, 0.29) is 0 Å². The summed E-state index contributed by atoms with van der Waals surface area (Å²) in [6, 6.07) is 0. The van der Waals surface area contributed by atoms with E-state index in [1.165, 1.54) is 0 Å². The lowest BCUT2D eigenvalue weighted by atomic mass is 9.94. The molecule has 0 aromatic carbocycles. The smallest absolute Gasteiger partial charge is 0.209 e. The molecule has 0 radical (unpaired) electrons. The van der Waals surface area contributed by atoms with Crippen LogP contribution in [0.3, 0.4) is 0 Å². The van der Waals surface area contributed by atoms with E-state index >= 15 is 0 Å². The SMILES string of the molecule is C#CCC1CCN(C=O)CC1. The van der Waals surface area contributed by atoms with Crippen LogP contribution < -0.4 is 0 Å². The van der Waals surface area contributed by atoms with E-state index < -0.39 is 0 Å². The molecule has 60 valence electrons. The van der Waals surface area contributed by atoms with E-state index in [0.29, 0.717) is 5.92 Å². The lowest BCUT2D eigenvalue weighted by Gasteiger charge is -2.27. The van der Waals surface area contributed by atoms with Crippen molar-refractivity contribution in [2.45, 2.75) is 19.3 Å². The van der Waals surface area contributed by atoms with Crippen LogP contribution in [0.2, 0.25) is 0 Å². The highest BCUT2D eigenvalue weighted by molar-refractivity contribution is 5.47. The van der Waals surface area contributed by atoms with Crippen molar-refractivity contribution in [3.63, 3.8) is 0 Å². The minimum absolute atomic E-state index is 0.649. The van der Waals surface area contributed by atoms with Gasteiger partial charge in [-0.25, -0.2) is 0 Å². The van der Waals surface area contributed by atoms with Gasteiger partial charge >= 0.3 is 0 Å². The summed E-state index contributed by atoms with van der Waals surface area (Å²) in [5, 5.41) is 0. The normalized spacial score (nSPS) is 19.4. The van der Waals surface area contributed by atoms with Gasteiger partial charge in [0.2, 0.25) is 6.41 Å². The van der Waals surface area contributed by atoms with Crippen LogP contribution in [-0.2, 0) is 4.79 Å². The average molecular weight is 151 g/mol. The maximum Gasteiger partial charge on any atom is 0.209 e. The first-order chi connectivity index (χ1) is 5.36. The quantitative estimate of drug-likeness (QED) is 0.424. The topological polar surface area (TPSA) is 20.3 Å². The molecule has 2 nitrogen and oxygen atoms in total. The summed E-state index contributed by atoms with van der Waals surface area (Å²) in [6.07, 6.45) is 9.13. The summed E-state index contributed by atoms with van der Waals surface area (Å²) >= 11 is 0. The molecule has 11 heavy (non-hydrogen) atoms. The predicted molar refractivity (Wildman–Crippen MR) is 43.8 cm³/mol. The van der Waals surface area contributed by atoms with Gasteiger partial charge in [-0.1, -0.05) is 0 Å². The Morgan fingerprint density at radius 3 is 2.64 bits per heavy atom. The summed E-state index contributed by atoms with van der Waals surface area (Å²) in [4.78, 5) is 12.1. The summed E-state index contributed by atoms with van der Waals surface area (Å²) in [7, 11) is 0. The summed E-state index contributed by atoms with van der Waals surface area (Å²) in [6.45, 7) is 1.77. The number of carbonyl (C=O) groups is 1. The van der Waals surface area contributed by atoms with E-state index in [9.17, 15) is 4.79 Å². The van der Waals surface area contributed by atoms with Gasteiger partial charge in [-0.2, -0.15) is 0 Å². The van der Waals surface area contributed by atoms with Gasteiger partial charge in [-0.15, -0.1) is 12.3 Å². The molecule has 0 aromatic heterocycles. The number of carbonyl (C=O) groups excluding carboxylic acids is 1. The van der Waals surface area contributed by atoms with Crippen molar-refractivity contribution >= 4 is 6.41 Å². The van der Waals surface area contributed by atoms with Gasteiger partial charge in [0.15, 0.2) is 0 Å². The molecule has 0 aromatic rings. The fourth-order valence-corrected chi connectivity index (χ4v) is 1.43. The lowest BCUT2D eigenvalue weighted by molar-refractivity contribution is -0.119. The van der Waals surface area contributed by atoms with Crippen LogP contribution in [-0.4, -0.2) is 24.4 Å². The second-order valence-corrected chi connectivity index (χ2v) is 2.99. The van der Waals surface area contributed by atoms with Crippen LogP contribution >= 0.6 is 0 Å². The highest BCUT2D eigenvalue weighted by Gasteiger charge is 2.16. The molecule has 0 atom stereocenters. The number of terminal acetylenes is 1. The van der Waals surface area contributed by atoms with Crippen LogP contribution in [0.15, 0.2) is 0 Å². The Kier molecular flexibility index (Phi) is 2.97. The van der Waals surface area contributed by atoms with Crippen molar-refractivity contribution < 1.29 is 4.79 Å². The van der Waals surface area contributed by atoms with E-state index in [4.69, 9.17) is 6.42 Å². The first-order valence-electron chi connectivity index (χ1n) is 3.99. The molecule has 0 unspecified atom stereocenters. The van der Waals surface area contributed by atoms with Crippen molar-refractivity contribution in [3.8, 4) is 12.3 Å². The molecule has 0 saturated carbocycles. The van der Waals surface area contributed by atoms with E-state index in [2.05, 4.69) is 5.92 Å². The van der Waals surface area contributed by atoms with Crippen LogP contribution in [0.5, 0.6) is 0 Å². The van der Waals surface area contributed by atoms with Crippen molar-refractivity contribution in [2.24, 2.45) is 5.92 Å². The Bertz CT molecular complexity index is 163. The largest absolute Gasteiger partial charge is 0.345 e. The second-order valence-electron chi connectivity index (χ2n) is 2.99. The molecule has 1 saturated heterocycles. The highest BCUT2D eigenvalue weighted by Crippen LogP contribution is 2.18. The van der Waals surface area contributed by atoms with Crippen LogP contribution in [0.1, 0.15) is 19.3 Å². The molecule has 0 spiro atoms. The molecule has 1 rings (SSSR count). The third-order valence-corrected chi connectivity index (χ3v) is 2.20. The molecule has 1 heterocycles. The zero-order chi connectivity index (χ0) is 8.10. The van der Waals surface area contributed by atoms with Gasteiger partial charge in [0.25, 0.3) is 0 Å². The minimum atomic E-state index is 0.649. The summed E-state index contributed by atoms with van der Waals surface area (Å²) in [5.41, 5.74) is 0. The minimum Gasteiger partial charge on any atom is -0.345 e. The monoisotopic (exact) mass is 151 g/mol. The molecule has 0 N–H and O–H groups in total. The molecule has 1 fully saturated rings. The highest BCUT2D eigenvalue weighted by atomic mass is 16.1. The van der Waals surface area contributed by atoms with Gasteiger partial charge in [0, 0.05) is 19.5 Å². The molecule has 2 heteroatoms. The fourth-order valence-electron chi connectivity index (χ4n) is 1.43. The molecule has 0 aliphatic carbocycles. The van der Waals surface area contributed by atoms with Crippen molar-refractivity contribution in [2.75, 3.05) is 13.1 Å². The summed E-state index contributed by atoms with van der Waals surface area (Å²) in [5.74, 6) is 3.31. The number of amides is 1. The van der Waals surface area contributed by atoms with Gasteiger partial charge < -0.3 is 4.90 Å². The Morgan fingerprint density at radius 1 is 1.55 bits per heavy atom.